The molecule has 0 bridgehead atoms. The van der Waals surface area contributed by atoms with Gasteiger partial charge in [-0.25, -0.2) is 0 Å². The highest BCUT2D eigenvalue weighted by Crippen LogP contribution is 2.21. The molecule has 0 unspecified atom stereocenters. The second-order valence-electron chi connectivity index (χ2n) is 2.25. The van der Waals surface area contributed by atoms with Crippen LogP contribution in [0.3, 0.4) is 0 Å². The minimum absolute atomic E-state index is 0.289. The van der Waals surface area contributed by atoms with Gasteiger partial charge in [0.1, 0.15) is 5.75 Å². The summed E-state index contributed by atoms with van der Waals surface area (Å²) in [6.45, 7) is 5.64. The van der Waals surface area contributed by atoms with Crippen molar-refractivity contribution in [3.05, 3.63) is 24.0 Å². The van der Waals surface area contributed by atoms with E-state index in [-0.39, 0.29) is 5.75 Å². The first-order valence-corrected chi connectivity index (χ1v) is 4.15. The Bertz CT molecular complexity index is 273. The van der Waals surface area contributed by atoms with Crippen molar-refractivity contribution in [1.29, 1.82) is 0 Å². The predicted octanol–water partition coefficient (Wildman–Crippen LogP) is 3.31. The summed E-state index contributed by atoms with van der Waals surface area (Å²) in [6, 6.07) is 1.26. The van der Waals surface area contributed by atoms with E-state index in [1.807, 2.05) is 13.8 Å². The molecule has 0 aliphatic rings. The third-order valence-corrected chi connectivity index (χ3v) is 1.08. The lowest BCUT2D eigenvalue weighted by atomic mass is 10.3. The number of alkyl halides is 3. The largest absolute Gasteiger partial charge is 0.573 e. The number of hydrogen-bond donors (Lipinski definition) is 0. The van der Waals surface area contributed by atoms with E-state index in [4.69, 9.17) is 0 Å². The molecule has 80 valence electrons. The zero-order valence-corrected chi connectivity index (χ0v) is 8.22. The van der Waals surface area contributed by atoms with Crippen LogP contribution >= 0.6 is 0 Å². The van der Waals surface area contributed by atoms with Crippen molar-refractivity contribution in [3.63, 3.8) is 0 Å². The molecule has 0 saturated carbocycles. The van der Waals surface area contributed by atoms with Crippen LogP contribution in [0.4, 0.5) is 13.2 Å². The number of rotatable bonds is 1. The quantitative estimate of drug-likeness (QED) is 0.704. The Balaban J connectivity index is 0.000000791. The normalized spacial score (nSPS) is 10.1. The summed E-state index contributed by atoms with van der Waals surface area (Å²) in [5.74, 6) is -0.289. The molecule has 5 heteroatoms. The summed E-state index contributed by atoms with van der Waals surface area (Å²) in [5.41, 5.74) is 0.622. The summed E-state index contributed by atoms with van der Waals surface area (Å²) < 4.78 is 38.5. The van der Waals surface area contributed by atoms with Crippen molar-refractivity contribution < 1.29 is 17.9 Å². The number of hydrogen-bond acceptors (Lipinski definition) is 2. The van der Waals surface area contributed by atoms with Gasteiger partial charge in [0.15, 0.2) is 0 Å². The monoisotopic (exact) mass is 207 g/mol. The SMILES string of the molecule is CC.Cc1cncc(OC(F)(F)F)c1. The fraction of sp³-hybridized carbons (Fsp3) is 0.444. The van der Waals surface area contributed by atoms with Gasteiger partial charge in [0.25, 0.3) is 0 Å². The number of pyridine rings is 1. The Morgan fingerprint density at radius 1 is 1.21 bits per heavy atom. The molecule has 0 atom stereocenters. The zero-order chi connectivity index (χ0) is 11.2. The second kappa shape index (κ2) is 5.47. The number of halogens is 3. The van der Waals surface area contributed by atoms with Gasteiger partial charge in [-0.15, -0.1) is 13.2 Å². The third kappa shape index (κ3) is 5.40. The van der Waals surface area contributed by atoms with Crippen molar-refractivity contribution in [2.45, 2.75) is 27.1 Å². The topological polar surface area (TPSA) is 22.1 Å². The molecular formula is C9H12F3NO. The van der Waals surface area contributed by atoms with Crippen molar-refractivity contribution in [2.24, 2.45) is 0 Å². The molecule has 0 amide bonds. The van der Waals surface area contributed by atoms with Crippen LogP contribution in [0, 0.1) is 6.92 Å². The van der Waals surface area contributed by atoms with Gasteiger partial charge in [-0.05, 0) is 18.6 Å². The average molecular weight is 207 g/mol. The van der Waals surface area contributed by atoms with E-state index in [0.29, 0.717) is 5.56 Å². The van der Waals surface area contributed by atoms with Gasteiger partial charge >= 0.3 is 6.36 Å². The first-order valence-electron chi connectivity index (χ1n) is 4.15. The minimum atomic E-state index is -4.64. The van der Waals surface area contributed by atoms with E-state index in [0.717, 1.165) is 6.20 Å². The fourth-order valence-corrected chi connectivity index (χ4v) is 0.717. The molecule has 1 aromatic heterocycles. The van der Waals surface area contributed by atoms with Gasteiger partial charge in [-0.3, -0.25) is 4.98 Å². The molecule has 1 aromatic rings. The highest BCUT2D eigenvalue weighted by molar-refractivity contribution is 5.22. The molecule has 0 aliphatic heterocycles. The van der Waals surface area contributed by atoms with Crippen LogP contribution in [0.2, 0.25) is 0 Å². The first-order chi connectivity index (χ1) is 6.47. The summed E-state index contributed by atoms with van der Waals surface area (Å²) >= 11 is 0. The van der Waals surface area contributed by atoms with E-state index in [2.05, 4.69) is 9.72 Å². The summed E-state index contributed by atoms with van der Waals surface area (Å²) in [5, 5.41) is 0. The van der Waals surface area contributed by atoms with Crippen LogP contribution in [0.25, 0.3) is 0 Å². The summed E-state index contributed by atoms with van der Waals surface area (Å²) in [7, 11) is 0. The van der Waals surface area contributed by atoms with E-state index in [1.165, 1.54) is 12.3 Å². The lowest BCUT2D eigenvalue weighted by molar-refractivity contribution is -0.274. The molecule has 0 N–H and O–H groups in total. The Hall–Kier alpha value is -1.26. The van der Waals surface area contributed by atoms with Crippen molar-refractivity contribution >= 4 is 0 Å². The third-order valence-electron chi connectivity index (χ3n) is 1.08. The van der Waals surface area contributed by atoms with Crippen LogP contribution in [0.1, 0.15) is 19.4 Å². The molecule has 1 rings (SSSR count). The summed E-state index contributed by atoms with van der Waals surface area (Å²) in [4.78, 5) is 3.54. The number of aromatic nitrogens is 1. The molecule has 14 heavy (non-hydrogen) atoms. The average Bonchev–Trinajstić information content (AvgIpc) is 2.04. The first kappa shape index (κ1) is 12.7. The van der Waals surface area contributed by atoms with Crippen LogP contribution in [-0.2, 0) is 0 Å². The molecule has 0 aromatic carbocycles. The smallest absolute Gasteiger partial charge is 0.404 e. The van der Waals surface area contributed by atoms with Gasteiger partial charge in [-0.1, -0.05) is 13.8 Å². The molecule has 0 saturated heterocycles. The van der Waals surface area contributed by atoms with Gasteiger partial charge < -0.3 is 4.74 Å². The fourth-order valence-electron chi connectivity index (χ4n) is 0.717. The van der Waals surface area contributed by atoms with Crippen LogP contribution in [0.15, 0.2) is 18.5 Å². The Morgan fingerprint density at radius 2 is 1.79 bits per heavy atom. The molecule has 2 nitrogen and oxygen atoms in total. The number of nitrogens with zero attached hydrogens (tertiary/aromatic N) is 1. The highest BCUT2D eigenvalue weighted by Gasteiger charge is 2.31. The lowest BCUT2D eigenvalue weighted by Gasteiger charge is -2.07. The number of aryl methyl sites for hydroxylation is 1. The van der Waals surface area contributed by atoms with Crippen LogP contribution < -0.4 is 4.74 Å². The Kier molecular flexibility index (Phi) is 4.97. The highest BCUT2D eigenvalue weighted by atomic mass is 19.4. The number of ether oxygens (including phenoxy) is 1. The molecule has 0 radical (unpaired) electrons. The predicted molar refractivity (Wildman–Crippen MR) is 47.0 cm³/mol. The minimum Gasteiger partial charge on any atom is -0.404 e. The molecule has 0 fully saturated rings. The van der Waals surface area contributed by atoms with Crippen molar-refractivity contribution in [3.8, 4) is 5.75 Å². The van der Waals surface area contributed by atoms with E-state index in [1.54, 1.807) is 6.92 Å². The van der Waals surface area contributed by atoms with Gasteiger partial charge in [0, 0.05) is 6.20 Å². The van der Waals surface area contributed by atoms with E-state index < -0.39 is 6.36 Å². The maximum atomic E-state index is 11.6. The maximum absolute atomic E-state index is 11.6. The second-order valence-corrected chi connectivity index (χ2v) is 2.25. The van der Waals surface area contributed by atoms with E-state index >= 15 is 0 Å². The van der Waals surface area contributed by atoms with Crippen molar-refractivity contribution in [1.82, 2.24) is 4.98 Å². The standard InChI is InChI=1S/C7H6F3NO.C2H6/c1-5-2-6(4-11-3-5)12-7(8,9)10;1-2/h2-4H,1H3;1-2H3. The molecule has 1 heterocycles. The summed E-state index contributed by atoms with van der Waals surface area (Å²) in [6.07, 6.45) is -2.18. The molecule has 0 aliphatic carbocycles. The molecule has 0 spiro atoms. The van der Waals surface area contributed by atoms with Crippen LogP contribution in [-0.4, -0.2) is 11.3 Å². The Labute approximate surface area is 80.7 Å². The van der Waals surface area contributed by atoms with Gasteiger partial charge in [-0.2, -0.15) is 0 Å². The van der Waals surface area contributed by atoms with Gasteiger partial charge in [0.05, 0.1) is 6.20 Å². The van der Waals surface area contributed by atoms with Crippen LogP contribution in [0.5, 0.6) is 5.75 Å². The Morgan fingerprint density at radius 3 is 2.21 bits per heavy atom. The van der Waals surface area contributed by atoms with Gasteiger partial charge in [0.2, 0.25) is 0 Å². The van der Waals surface area contributed by atoms with Crippen molar-refractivity contribution in [2.75, 3.05) is 0 Å². The maximum Gasteiger partial charge on any atom is 0.573 e. The molecular weight excluding hydrogens is 195 g/mol. The zero-order valence-electron chi connectivity index (χ0n) is 8.22. The van der Waals surface area contributed by atoms with E-state index in [9.17, 15) is 13.2 Å². The lowest BCUT2D eigenvalue weighted by Crippen LogP contribution is -2.17.